The molecule has 9 nitrogen and oxygen atoms in total. The van der Waals surface area contributed by atoms with E-state index in [1.807, 2.05) is 12.1 Å². The number of aliphatic hydroxyl groups is 1. The number of pyridine rings is 1. The molecule has 2 aromatic heterocycles. The highest BCUT2D eigenvalue weighted by Crippen LogP contribution is 2.37. The van der Waals surface area contributed by atoms with Gasteiger partial charge in [-0.1, -0.05) is 30.3 Å². The molecule has 190 valence electrons. The van der Waals surface area contributed by atoms with Crippen molar-refractivity contribution in [1.82, 2.24) is 4.98 Å². The summed E-state index contributed by atoms with van der Waals surface area (Å²) < 4.78 is 27.0. The summed E-state index contributed by atoms with van der Waals surface area (Å²) in [6, 6.07) is 17.6. The van der Waals surface area contributed by atoms with Crippen LogP contribution < -0.4 is 10.5 Å². The number of aliphatic hydroxyl groups excluding tert-OH is 1. The SMILES string of the molecule is NC(CO)(CCc1ccc(OCCCCCc2ccccc2)c(-c2ccco2)n1)COP(=O)(O)O. The number of unbranched alkanes of at least 4 members (excludes halogenated alkanes) is 2. The van der Waals surface area contributed by atoms with Gasteiger partial charge < -0.3 is 29.8 Å². The minimum atomic E-state index is -4.69. The zero-order chi connectivity index (χ0) is 25.2. The first-order valence-corrected chi connectivity index (χ1v) is 13.1. The number of hydrogen-bond acceptors (Lipinski definition) is 7. The molecular weight excluding hydrogens is 471 g/mol. The summed E-state index contributed by atoms with van der Waals surface area (Å²) in [5, 5.41) is 9.62. The highest BCUT2D eigenvalue weighted by atomic mass is 31.2. The van der Waals surface area contributed by atoms with Gasteiger partial charge in [0.05, 0.1) is 31.6 Å². The first kappa shape index (κ1) is 27.1. The Labute approximate surface area is 205 Å². The quantitative estimate of drug-likeness (QED) is 0.179. The second-order valence-electron chi connectivity index (χ2n) is 8.56. The van der Waals surface area contributed by atoms with Crippen molar-refractivity contribution >= 4 is 7.82 Å². The molecule has 3 rings (SSSR count). The Morgan fingerprint density at radius 2 is 1.80 bits per heavy atom. The Bertz CT molecular complexity index is 1070. The summed E-state index contributed by atoms with van der Waals surface area (Å²) >= 11 is 0. The van der Waals surface area contributed by atoms with Gasteiger partial charge in [0.25, 0.3) is 0 Å². The standard InChI is InChI=1S/C25H33N2O7P/c26-25(18-28,19-34-35(29,30)31)15-14-21-12-13-23(24(27-21)22-11-7-17-33-22)32-16-6-2-5-10-20-8-3-1-4-9-20/h1,3-4,7-9,11-13,17,28H,2,5-6,10,14-16,18-19,26H2,(H2,29,30,31). The van der Waals surface area contributed by atoms with Gasteiger partial charge >= 0.3 is 7.82 Å². The highest BCUT2D eigenvalue weighted by molar-refractivity contribution is 7.46. The molecule has 3 aromatic rings. The van der Waals surface area contributed by atoms with Gasteiger partial charge in [-0.05, 0) is 68.4 Å². The van der Waals surface area contributed by atoms with Gasteiger partial charge in [0.2, 0.25) is 0 Å². The molecule has 0 saturated heterocycles. The lowest BCUT2D eigenvalue weighted by atomic mass is 9.95. The van der Waals surface area contributed by atoms with Crippen LogP contribution in [0.5, 0.6) is 5.75 Å². The number of furan rings is 1. The van der Waals surface area contributed by atoms with Gasteiger partial charge in [-0.15, -0.1) is 0 Å². The van der Waals surface area contributed by atoms with Crippen LogP contribution in [-0.4, -0.2) is 45.2 Å². The van der Waals surface area contributed by atoms with Crippen molar-refractivity contribution in [2.45, 2.75) is 44.1 Å². The first-order valence-electron chi connectivity index (χ1n) is 11.6. The van der Waals surface area contributed by atoms with Gasteiger partial charge in [-0.3, -0.25) is 4.52 Å². The maximum atomic E-state index is 11.0. The van der Waals surface area contributed by atoms with E-state index < -0.39 is 26.6 Å². The first-order chi connectivity index (χ1) is 16.8. The number of phosphoric ester groups is 1. The van der Waals surface area contributed by atoms with E-state index in [-0.39, 0.29) is 6.42 Å². The van der Waals surface area contributed by atoms with E-state index in [1.165, 1.54) is 5.56 Å². The van der Waals surface area contributed by atoms with Crippen molar-refractivity contribution in [3.63, 3.8) is 0 Å². The van der Waals surface area contributed by atoms with E-state index in [2.05, 4.69) is 33.8 Å². The van der Waals surface area contributed by atoms with Crippen LogP contribution in [0.3, 0.4) is 0 Å². The summed E-state index contributed by atoms with van der Waals surface area (Å²) in [7, 11) is -4.69. The third kappa shape index (κ3) is 9.22. The molecule has 0 aliphatic carbocycles. The van der Waals surface area contributed by atoms with E-state index >= 15 is 0 Å². The molecule has 0 amide bonds. The van der Waals surface area contributed by atoms with Crippen molar-refractivity contribution in [2.75, 3.05) is 19.8 Å². The van der Waals surface area contributed by atoms with E-state index in [0.717, 1.165) is 25.7 Å². The fourth-order valence-electron chi connectivity index (χ4n) is 3.55. The minimum absolute atomic E-state index is 0.204. The van der Waals surface area contributed by atoms with Gasteiger partial charge in [-0.25, -0.2) is 9.55 Å². The molecule has 5 N–H and O–H groups in total. The average Bonchev–Trinajstić information content (AvgIpc) is 3.39. The van der Waals surface area contributed by atoms with E-state index in [4.69, 9.17) is 24.7 Å². The van der Waals surface area contributed by atoms with Crippen LogP contribution in [0.15, 0.2) is 65.3 Å². The Balaban J connectivity index is 1.56. The number of phosphoric acid groups is 1. The van der Waals surface area contributed by atoms with Gasteiger partial charge in [0.1, 0.15) is 11.4 Å². The maximum absolute atomic E-state index is 11.0. The molecular formula is C25H33N2O7P. The van der Waals surface area contributed by atoms with E-state index in [1.54, 1.807) is 24.5 Å². The number of aryl methyl sites for hydroxylation is 2. The molecule has 1 unspecified atom stereocenters. The third-order valence-corrected chi connectivity index (χ3v) is 6.06. The number of nitrogens with two attached hydrogens (primary N) is 1. The van der Waals surface area contributed by atoms with Crippen LogP contribution in [-0.2, 0) is 21.9 Å². The molecule has 10 heteroatoms. The predicted molar refractivity (Wildman–Crippen MR) is 132 cm³/mol. The van der Waals surface area contributed by atoms with Crippen LogP contribution in [0.25, 0.3) is 11.5 Å². The molecule has 1 aromatic carbocycles. The minimum Gasteiger partial charge on any atom is -0.491 e. The van der Waals surface area contributed by atoms with E-state index in [9.17, 15) is 9.67 Å². The smallest absolute Gasteiger partial charge is 0.469 e. The molecule has 1 atom stereocenters. The van der Waals surface area contributed by atoms with Crippen molar-refractivity contribution in [3.05, 3.63) is 72.1 Å². The van der Waals surface area contributed by atoms with Gasteiger partial charge in [-0.2, -0.15) is 0 Å². The second-order valence-corrected chi connectivity index (χ2v) is 9.80. The molecule has 0 bridgehead atoms. The largest absolute Gasteiger partial charge is 0.491 e. The van der Waals surface area contributed by atoms with Crippen molar-refractivity contribution < 1.29 is 33.1 Å². The Hall–Kier alpha value is -2.52. The molecule has 0 fully saturated rings. The summed E-state index contributed by atoms with van der Waals surface area (Å²) in [5.41, 5.74) is 7.33. The Kier molecular flexibility index (Phi) is 10.0. The van der Waals surface area contributed by atoms with Crippen molar-refractivity contribution in [1.29, 1.82) is 0 Å². The van der Waals surface area contributed by atoms with Gasteiger partial charge in [0.15, 0.2) is 5.76 Å². The topological polar surface area (TPSA) is 148 Å². The highest BCUT2D eigenvalue weighted by Gasteiger charge is 2.29. The second kappa shape index (κ2) is 13.0. The lowest BCUT2D eigenvalue weighted by Crippen LogP contribution is -2.48. The number of nitrogens with zero attached hydrogens (tertiary/aromatic N) is 1. The summed E-state index contributed by atoms with van der Waals surface area (Å²) in [6.07, 6.45) is 6.22. The van der Waals surface area contributed by atoms with Crippen LogP contribution in [0.4, 0.5) is 0 Å². The fraction of sp³-hybridized carbons (Fsp3) is 0.400. The molecule has 0 aliphatic rings. The van der Waals surface area contributed by atoms with Crippen molar-refractivity contribution in [2.24, 2.45) is 5.73 Å². The number of aromatic nitrogens is 1. The van der Waals surface area contributed by atoms with E-state index in [0.29, 0.717) is 35.9 Å². The number of ether oxygens (including phenoxy) is 1. The number of benzene rings is 1. The monoisotopic (exact) mass is 504 g/mol. The Morgan fingerprint density at radius 3 is 2.49 bits per heavy atom. The summed E-state index contributed by atoms with van der Waals surface area (Å²) in [6.45, 7) is -0.423. The maximum Gasteiger partial charge on any atom is 0.469 e. The normalized spacial score (nSPS) is 13.5. The fourth-order valence-corrected chi connectivity index (χ4v) is 3.98. The number of hydrogen-bond donors (Lipinski definition) is 4. The number of rotatable bonds is 15. The average molecular weight is 505 g/mol. The van der Waals surface area contributed by atoms with Crippen LogP contribution in [0.1, 0.15) is 36.9 Å². The Morgan fingerprint density at radius 1 is 1.00 bits per heavy atom. The predicted octanol–water partition coefficient (Wildman–Crippen LogP) is 3.87. The molecule has 0 radical (unpaired) electrons. The summed E-state index contributed by atoms with van der Waals surface area (Å²) in [4.78, 5) is 22.5. The third-order valence-electron chi connectivity index (χ3n) is 5.59. The molecule has 2 heterocycles. The zero-order valence-electron chi connectivity index (χ0n) is 19.6. The van der Waals surface area contributed by atoms with Crippen LogP contribution in [0.2, 0.25) is 0 Å². The molecule has 0 saturated carbocycles. The van der Waals surface area contributed by atoms with Gasteiger partial charge in [0, 0.05) is 5.69 Å². The van der Waals surface area contributed by atoms with Crippen molar-refractivity contribution in [3.8, 4) is 17.2 Å². The van der Waals surface area contributed by atoms with Crippen LogP contribution >= 0.6 is 7.82 Å². The van der Waals surface area contributed by atoms with Crippen LogP contribution in [0, 0.1) is 0 Å². The lowest BCUT2D eigenvalue weighted by molar-refractivity contribution is 0.102. The molecule has 0 aliphatic heterocycles. The lowest BCUT2D eigenvalue weighted by Gasteiger charge is -2.26. The summed E-state index contributed by atoms with van der Waals surface area (Å²) in [5.74, 6) is 1.18. The molecule has 35 heavy (non-hydrogen) atoms. The molecule has 0 spiro atoms. The zero-order valence-corrected chi connectivity index (χ0v) is 20.5.